The monoisotopic (exact) mass is 278 g/mol. The second kappa shape index (κ2) is 5.30. The maximum Gasteiger partial charge on any atom is 0.0953 e. The third-order valence-electron chi connectivity index (χ3n) is 3.84. The molecule has 1 aliphatic rings. The predicted octanol–water partition coefficient (Wildman–Crippen LogP) is 2.73. The molecule has 1 aliphatic carbocycles. The zero-order valence-corrected chi connectivity index (χ0v) is 11.9. The number of imidazole rings is 1. The number of aromatic nitrogens is 3. The van der Waals surface area contributed by atoms with Crippen molar-refractivity contribution < 1.29 is 0 Å². The van der Waals surface area contributed by atoms with Gasteiger partial charge in [-0.3, -0.25) is 4.98 Å². The van der Waals surface area contributed by atoms with Gasteiger partial charge in [0.25, 0.3) is 0 Å². The zero-order valence-electron chi connectivity index (χ0n) is 11.9. The van der Waals surface area contributed by atoms with E-state index in [1.165, 1.54) is 18.2 Å². The molecule has 1 fully saturated rings. The Morgan fingerprint density at radius 3 is 2.90 bits per heavy atom. The Kier molecular flexibility index (Phi) is 3.16. The van der Waals surface area contributed by atoms with E-state index < -0.39 is 0 Å². The molecule has 0 saturated heterocycles. The molecule has 1 aromatic carbocycles. The summed E-state index contributed by atoms with van der Waals surface area (Å²) in [5, 5.41) is 4.66. The third kappa shape index (κ3) is 2.95. The van der Waals surface area contributed by atoms with E-state index in [1.807, 2.05) is 18.5 Å². The summed E-state index contributed by atoms with van der Waals surface area (Å²) in [4.78, 5) is 9.15. The van der Waals surface area contributed by atoms with E-state index in [1.54, 1.807) is 0 Å². The van der Waals surface area contributed by atoms with Crippen LogP contribution >= 0.6 is 0 Å². The Bertz CT molecular complexity index is 758. The molecule has 2 aromatic heterocycles. The molecule has 3 aromatic rings. The normalized spacial score (nSPS) is 14.7. The molecule has 4 heteroatoms. The van der Waals surface area contributed by atoms with Gasteiger partial charge in [-0.15, -0.1) is 0 Å². The summed E-state index contributed by atoms with van der Waals surface area (Å²) in [6.07, 6.45) is 6.61. The molecule has 0 radical (unpaired) electrons. The molecule has 0 atom stereocenters. The summed E-state index contributed by atoms with van der Waals surface area (Å²) in [5.41, 5.74) is 3.21. The Balaban J connectivity index is 1.48. The minimum absolute atomic E-state index is 0.720. The molecule has 1 saturated carbocycles. The first-order valence-electron chi connectivity index (χ1n) is 7.45. The van der Waals surface area contributed by atoms with E-state index >= 15 is 0 Å². The van der Waals surface area contributed by atoms with Crippen molar-refractivity contribution in [3.8, 4) is 0 Å². The quantitative estimate of drug-likeness (QED) is 0.780. The number of benzene rings is 1. The van der Waals surface area contributed by atoms with Crippen LogP contribution in [0, 0.1) is 0 Å². The van der Waals surface area contributed by atoms with E-state index in [0.29, 0.717) is 0 Å². The van der Waals surface area contributed by atoms with E-state index in [2.05, 4.69) is 45.3 Å². The molecule has 0 aliphatic heterocycles. The van der Waals surface area contributed by atoms with Crippen LogP contribution in [0.1, 0.15) is 24.2 Å². The number of nitrogens with zero attached hydrogens (tertiary/aromatic N) is 3. The Hall–Kier alpha value is -2.20. The minimum Gasteiger partial charge on any atom is -0.331 e. The molecule has 4 nitrogen and oxygen atoms in total. The summed E-state index contributed by atoms with van der Waals surface area (Å²) >= 11 is 0. The van der Waals surface area contributed by atoms with Gasteiger partial charge < -0.3 is 9.88 Å². The van der Waals surface area contributed by atoms with Crippen molar-refractivity contribution in [2.24, 2.45) is 0 Å². The largest absolute Gasteiger partial charge is 0.331 e. The van der Waals surface area contributed by atoms with Gasteiger partial charge in [-0.25, -0.2) is 4.98 Å². The lowest BCUT2D eigenvalue weighted by atomic mass is 10.2. The summed E-state index contributed by atoms with van der Waals surface area (Å²) in [6.45, 7) is 1.63. The minimum atomic E-state index is 0.720. The SMILES string of the molecule is c1ccc2nc(Cn3cnc(CNC4CC4)c3)ccc2c1. The van der Waals surface area contributed by atoms with Gasteiger partial charge in [0.1, 0.15) is 0 Å². The lowest BCUT2D eigenvalue weighted by Crippen LogP contribution is -2.15. The summed E-state index contributed by atoms with van der Waals surface area (Å²) in [5.74, 6) is 0. The van der Waals surface area contributed by atoms with Gasteiger partial charge in [-0.2, -0.15) is 0 Å². The van der Waals surface area contributed by atoms with Gasteiger partial charge in [-0.05, 0) is 25.0 Å². The van der Waals surface area contributed by atoms with Crippen molar-refractivity contribution in [3.63, 3.8) is 0 Å². The number of fused-ring (bicyclic) bond motifs is 1. The number of nitrogens with one attached hydrogen (secondary N) is 1. The molecule has 0 amide bonds. The van der Waals surface area contributed by atoms with Crippen molar-refractivity contribution in [2.45, 2.75) is 32.0 Å². The number of pyridine rings is 1. The fraction of sp³-hybridized carbons (Fsp3) is 0.294. The van der Waals surface area contributed by atoms with Gasteiger partial charge >= 0.3 is 0 Å². The van der Waals surface area contributed by atoms with Crippen LogP contribution in [0.4, 0.5) is 0 Å². The third-order valence-corrected chi connectivity index (χ3v) is 3.84. The van der Waals surface area contributed by atoms with Crippen LogP contribution in [0.2, 0.25) is 0 Å². The van der Waals surface area contributed by atoms with Crippen molar-refractivity contribution in [2.75, 3.05) is 0 Å². The number of rotatable bonds is 5. The highest BCUT2D eigenvalue weighted by molar-refractivity contribution is 5.78. The average Bonchev–Trinajstić information content (AvgIpc) is 3.25. The van der Waals surface area contributed by atoms with Crippen LogP contribution in [-0.4, -0.2) is 20.6 Å². The van der Waals surface area contributed by atoms with E-state index in [0.717, 1.165) is 36.0 Å². The molecule has 0 spiro atoms. The number of hydrogen-bond acceptors (Lipinski definition) is 3. The predicted molar refractivity (Wildman–Crippen MR) is 82.9 cm³/mol. The van der Waals surface area contributed by atoms with Crippen LogP contribution < -0.4 is 5.32 Å². The summed E-state index contributed by atoms with van der Waals surface area (Å²) in [6, 6.07) is 13.1. The lowest BCUT2D eigenvalue weighted by Gasteiger charge is -2.04. The molecule has 0 bridgehead atoms. The molecule has 106 valence electrons. The second-order valence-electron chi connectivity index (χ2n) is 5.69. The van der Waals surface area contributed by atoms with Crippen LogP contribution in [-0.2, 0) is 13.1 Å². The van der Waals surface area contributed by atoms with Crippen molar-refractivity contribution in [1.29, 1.82) is 0 Å². The van der Waals surface area contributed by atoms with Gasteiger partial charge in [0, 0.05) is 24.2 Å². The molecule has 21 heavy (non-hydrogen) atoms. The summed E-state index contributed by atoms with van der Waals surface area (Å²) < 4.78 is 2.10. The van der Waals surface area contributed by atoms with E-state index in [4.69, 9.17) is 4.98 Å². The van der Waals surface area contributed by atoms with Gasteiger partial charge in [0.2, 0.25) is 0 Å². The standard InChI is InChI=1S/C17H18N4/c1-2-4-17-13(3-1)5-6-15(20-17)10-21-11-16(19-12-21)9-18-14-7-8-14/h1-6,11-12,14,18H,7-10H2. The Labute approximate surface area is 123 Å². The average molecular weight is 278 g/mol. The topological polar surface area (TPSA) is 42.7 Å². The van der Waals surface area contributed by atoms with Crippen molar-refractivity contribution >= 4 is 10.9 Å². The lowest BCUT2D eigenvalue weighted by molar-refractivity contribution is 0.675. The van der Waals surface area contributed by atoms with Crippen LogP contribution in [0.15, 0.2) is 48.9 Å². The molecule has 1 N–H and O–H groups in total. The van der Waals surface area contributed by atoms with E-state index in [9.17, 15) is 0 Å². The first kappa shape index (κ1) is 12.5. The highest BCUT2D eigenvalue weighted by Crippen LogP contribution is 2.19. The van der Waals surface area contributed by atoms with E-state index in [-0.39, 0.29) is 0 Å². The maximum atomic E-state index is 4.70. The van der Waals surface area contributed by atoms with Gasteiger partial charge in [-0.1, -0.05) is 24.3 Å². The van der Waals surface area contributed by atoms with Gasteiger partial charge in [0.15, 0.2) is 0 Å². The van der Waals surface area contributed by atoms with Crippen LogP contribution in [0.25, 0.3) is 10.9 Å². The maximum absolute atomic E-state index is 4.70. The number of para-hydroxylation sites is 1. The fourth-order valence-electron chi connectivity index (χ4n) is 2.50. The number of hydrogen-bond donors (Lipinski definition) is 1. The fourth-order valence-corrected chi connectivity index (χ4v) is 2.50. The Morgan fingerprint density at radius 2 is 2.00 bits per heavy atom. The molecular weight excluding hydrogens is 260 g/mol. The molecule has 0 unspecified atom stereocenters. The van der Waals surface area contributed by atoms with Crippen molar-refractivity contribution in [3.05, 3.63) is 60.3 Å². The molecule has 2 heterocycles. The van der Waals surface area contributed by atoms with Crippen LogP contribution in [0.5, 0.6) is 0 Å². The smallest absolute Gasteiger partial charge is 0.0953 e. The zero-order chi connectivity index (χ0) is 14.1. The molecule has 4 rings (SSSR count). The highest BCUT2D eigenvalue weighted by atomic mass is 15.1. The van der Waals surface area contributed by atoms with Gasteiger partial charge in [0.05, 0.1) is 29.8 Å². The van der Waals surface area contributed by atoms with Crippen molar-refractivity contribution in [1.82, 2.24) is 19.9 Å². The first-order chi connectivity index (χ1) is 10.4. The summed E-state index contributed by atoms with van der Waals surface area (Å²) in [7, 11) is 0. The molecular formula is C17H18N4. The second-order valence-corrected chi connectivity index (χ2v) is 5.69. The highest BCUT2D eigenvalue weighted by Gasteiger charge is 2.20. The van der Waals surface area contributed by atoms with Crippen LogP contribution in [0.3, 0.4) is 0 Å². The Morgan fingerprint density at radius 1 is 1.10 bits per heavy atom. The first-order valence-corrected chi connectivity index (χ1v) is 7.45.